The molecule has 0 aromatic heterocycles. The van der Waals surface area contributed by atoms with Gasteiger partial charge in [0.25, 0.3) is 0 Å². The molecule has 1 aromatic carbocycles. The fraction of sp³-hybridized carbons (Fsp3) is 0.514. The molecule has 3 aliphatic heterocycles. The van der Waals surface area contributed by atoms with Crippen molar-refractivity contribution in [2.75, 3.05) is 26.7 Å². The maximum Gasteiger partial charge on any atom is 0.328 e. The van der Waals surface area contributed by atoms with E-state index < -0.39 is 95.9 Å². The van der Waals surface area contributed by atoms with Crippen molar-refractivity contribution in [3.63, 3.8) is 0 Å². The molecule has 0 saturated carbocycles. The Kier molecular flexibility index (Phi) is 13.0. The number of halogens is 2. The number of cyclic esters (lactones) is 1. The van der Waals surface area contributed by atoms with Crippen molar-refractivity contribution in [3.8, 4) is 0 Å². The second kappa shape index (κ2) is 17.2. The zero-order valence-electron chi connectivity index (χ0n) is 29.0. The summed E-state index contributed by atoms with van der Waals surface area (Å²) in [5, 5.41) is 7.63. The van der Waals surface area contributed by atoms with Crippen LogP contribution >= 0.6 is 0 Å². The number of carbonyl (C=O) groups excluding carboxylic acids is 7. The summed E-state index contributed by atoms with van der Waals surface area (Å²) in [6.45, 7) is 4.34. The van der Waals surface area contributed by atoms with Gasteiger partial charge in [-0.25, -0.2) is 13.6 Å². The van der Waals surface area contributed by atoms with E-state index in [0.29, 0.717) is 18.9 Å². The minimum absolute atomic E-state index is 0.0349. The molecule has 3 saturated heterocycles. The van der Waals surface area contributed by atoms with E-state index in [2.05, 4.69) is 16.0 Å². The third kappa shape index (κ3) is 9.55. The SMILES string of the molecule is C/C=C/C=C/C(=O)N[C@@H](Cc1cc(F)cc(F)c1)C(=O)N[C@H]1COC(=O)[C@@H]2CCCN2C(=O)[C@H](C)NC(=O)[C@H](C)N(C)C(=O)[C@@H]2CCCN2C1=O. The van der Waals surface area contributed by atoms with Crippen LogP contribution in [0.3, 0.4) is 0 Å². The summed E-state index contributed by atoms with van der Waals surface area (Å²) in [6, 6.07) is -4.45. The number of benzene rings is 1. The number of allylic oxidation sites excluding steroid dienone is 3. The second-order valence-electron chi connectivity index (χ2n) is 12.9. The molecule has 0 bridgehead atoms. The minimum Gasteiger partial charge on any atom is -0.461 e. The van der Waals surface area contributed by atoms with Gasteiger partial charge in [0.15, 0.2) is 0 Å². The van der Waals surface area contributed by atoms with Crippen LogP contribution in [0.15, 0.2) is 42.5 Å². The molecular formula is C35H44F2N6O8. The van der Waals surface area contributed by atoms with Crippen LogP contribution in [0, 0.1) is 11.6 Å². The van der Waals surface area contributed by atoms with Gasteiger partial charge in [0.2, 0.25) is 35.4 Å². The summed E-state index contributed by atoms with van der Waals surface area (Å²) in [5.74, 6) is -6.76. The summed E-state index contributed by atoms with van der Waals surface area (Å²) in [6.07, 6.45) is 6.81. The number of fused-ring (bicyclic) bond motifs is 2. The predicted molar refractivity (Wildman–Crippen MR) is 178 cm³/mol. The number of rotatable bonds is 7. The molecule has 0 radical (unpaired) electrons. The van der Waals surface area contributed by atoms with Crippen molar-refractivity contribution >= 4 is 41.4 Å². The van der Waals surface area contributed by atoms with Crippen molar-refractivity contribution in [2.24, 2.45) is 0 Å². The highest BCUT2D eigenvalue weighted by Crippen LogP contribution is 2.23. The molecule has 0 spiro atoms. The van der Waals surface area contributed by atoms with Gasteiger partial charge < -0.3 is 35.4 Å². The van der Waals surface area contributed by atoms with Crippen molar-refractivity contribution < 1.29 is 47.1 Å². The number of likely N-dealkylation sites (N-methyl/N-ethyl adjacent to an activating group) is 1. The Morgan fingerprint density at radius 1 is 0.941 bits per heavy atom. The van der Waals surface area contributed by atoms with Gasteiger partial charge in [0, 0.05) is 38.7 Å². The van der Waals surface area contributed by atoms with Crippen LogP contribution in [0.2, 0.25) is 0 Å². The van der Waals surface area contributed by atoms with Gasteiger partial charge in [0.1, 0.15) is 54.5 Å². The van der Waals surface area contributed by atoms with Crippen LogP contribution < -0.4 is 16.0 Å². The van der Waals surface area contributed by atoms with E-state index in [1.807, 2.05) is 0 Å². The van der Waals surface area contributed by atoms with Crippen LogP contribution in [0.25, 0.3) is 0 Å². The Bertz CT molecular complexity index is 1580. The number of nitrogens with one attached hydrogen (secondary N) is 3. The molecule has 51 heavy (non-hydrogen) atoms. The average Bonchev–Trinajstić information content (AvgIpc) is 3.78. The van der Waals surface area contributed by atoms with E-state index in [1.54, 1.807) is 19.1 Å². The van der Waals surface area contributed by atoms with Gasteiger partial charge in [-0.2, -0.15) is 0 Å². The molecule has 16 heteroatoms. The molecule has 3 aliphatic rings. The number of nitrogens with zero attached hydrogens (tertiary/aromatic N) is 3. The molecule has 3 fully saturated rings. The predicted octanol–water partition coefficient (Wildman–Crippen LogP) is 0.500. The molecular weight excluding hydrogens is 670 g/mol. The van der Waals surface area contributed by atoms with Crippen LogP contribution in [0.5, 0.6) is 0 Å². The van der Waals surface area contributed by atoms with Gasteiger partial charge in [-0.15, -0.1) is 0 Å². The van der Waals surface area contributed by atoms with Gasteiger partial charge in [0.05, 0.1) is 0 Å². The van der Waals surface area contributed by atoms with Crippen molar-refractivity contribution in [1.29, 1.82) is 0 Å². The standard InChI is InChI=1S/C35H44F2N6O8/c1-5-6-7-12-29(44)39-25(17-22-15-23(36)18-24(37)16-22)31(46)40-26-19-51-35(50)28-11-9-14-43(28)32(47)20(2)38-30(45)21(3)41(4)34(49)27-10-8-13-42(27)33(26)48/h5-7,12,15-16,18,20-21,25-28H,8-11,13-14,17,19H2,1-4H3,(H,38,45)(H,39,44)(H,40,46)/b6-5+,12-7+/t20-,21-,25-,26-,27-,28-/m0/s1. The van der Waals surface area contributed by atoms with E-state index in [9.17, 15) is 42.3 Å². The minimum atomic E-state index is -1.57. The van der Waals surface area contributed by atoms with Gasteiger partial charge in [-0.05, 0) is 64.2 Å². The Hall–Kier alpha value is -5.15. The highest BCUT2D eigenvalue weighted by Gasteiger charge is 2.43. The van der Waals surface area contributed by atoms with Crippen LogP contribution in [-0.2, 0) is 44.7 Å². The molecule has 3 heterocycles. The number of ether oxygens (including phenoxy) is 1. The second-order valence-corrected chi connectivity index (χ2v) is 12.9. The van der Waals surface area contributed by atoms with Crippen LogP contribution in [0.1, 0.15) is 52.0 Å². The van der Waals surface area contributed by atoms with E-state index >= 15 is 0 Å². The van der Waals surface area contributed by atoms with Crippen LogP contribution in [0.4, 0.5) is 8.78 Å². The van der Waals surface area contributed by atoms with E-state index in [0.717, 1.165) is 18.2 Å². The number of hydrogen-bond acceptors (Lipinski definition) is 8. The fourth-order valence-corrected chi connectivity index (χ4v) is 6.37. The van der Waals surface area contributed by atoms with Crippen molar-refractivity contribution in [1.82, 2.24) is 30.7 Å². The first kappa shape index (κ1) is 38.6. The maximum atomic E-state index is 14.1. The topological polar surface area (TPSA) is 175 Å². The number of esters is 1. The zero-order chi connectivity index (χ0) is 37.4. The third-order valence-corrected chi connectivity index (χ3v) is 9.22. The van der Waals surface area contributed by atoms with Crippen LogP contribution in [-0.4, -0.2) is 119 Å². The molecule has 0 aliphatic carbocycles. The van der Waals surface area contributed by atoms with Gasteiger partial charge >= 0.3 is 5.97 Å². The lowest BCUT2D eigenvalue weighted by molar-refractivity contribution is -0.158. The lowest BCUT2D eigenvalue weighted by Crippen LogP contribution is -2.60. The molecule has 1 aromatic rings. The molecule has 6 atom stereocenters. The average molecular weight is 715 g/mol. The Morgan fingerprint density at radius 3 is 2.22 bits per heavy atom. The molecule has 0 unspecified atom stereocenters. The first-order chi connectivity index (χ1) is 24.2. The van der Waals surface area contributed by atoms with E-state index in [4.69, 9.17) is 4.74 Å². The molecule has 6 amide bonds. The highest BCUT2D eigenvalue weighted by molar-refractivity contribution is 5.98. The summed E-state index contributed by atoms with van der Waals surface area (Å²) in [7, 11) is 1.41. The van der Waals surface area contributed by atoms with Gasteiger partial charge in [-0.3, -0.25) is 28.8 Å². The normalized spacial score (nSPS) is 25.9. The quantitative estimate of drug-likeness (QED) is 0.208. The summed E-state index contributed by atoms with van der Waals surface area (Å²) in [5.41, 5.74) is 0.0349. The molecule has 4 rings (SSSR count). The first-order valence-corrected chi connectivity index (χ1v) is 16.9. The lowest BCUT2D eigenvalue weighted by Gasteiger charge is -2.34. The Morgan fingerprint density at radius 2 is 1.57 bits per heavy atom. The molecule has 276 valence electrons. The Balaban J connectivity index is 1.68. The Labute approximate surface area is 294 Å². The van der Waals surface area contributed by atoms with E-state index in [1.165, 1.54) is 41.7 Å². The smallest absolute Gasteiger partial charge is 0.328 e. The molecule has 14 nitrogen and oxygen atoms in total. The van der Waals surface area contributed by atoms with Crippen molar-refractivity contribution in [2.45, 2.75) is 89.1 Å². The lowest BCUT2D eigenvalue weighted by atomic mass is 10.0. The maximum absolute atomic E-state index is 14.1. The fourth-order valence-electron chi connectivity index (χ4n) is 6.37. The highest BCUT2D eigenvalue weighted by atomic mass is 19.1. The van der Waals surface area contributed by atoms with Crippen molar-refractivity contribution in [3.05, 3.63) is 59.7 Å². The number of hydrogen-bond donors (Lipinski definition) is 3. The summed E-state index contributed by atoms with van der Waals surface area (Å²) < 4.78 is 33.7. The monoisotopic (exact) mass is 714 g/mol. The van der Waals surface area contributed by atoms with E-state index in [-0.39, 0.29) is 37.9 Å². The zero-order valence-corrected chi connectivity index (χ0v) is 29.0. The van der Waals surface area contributed by atoms with Gasteiger partial charge in [-0.1, -0.05) is 18.2 Å². The molecule has 3 N–H and O–H groups in total. The number of carbonyl (C=O) groups is 7. The summed E-state index contributed by atoms with van der Waals surface area (Å²) in [4.78, 5) is 98.0. The first-order valence-electron chi connectivity index (χ1n) is 16.9. The third-order valence-electron chi connectivity index (χ3n) is 9.22. The summed E-state index contributed by atoms with van der Waals surface area (Å²) >= 11 is 0. The largest absolute Gasteiger partial charge is 0.461 e. The number of amides is 6.